The quantitative estimate of drug-likeness (QED) is 0.612. The number of benzene rings is 2. The number of hydrogen-bond acceptors (Lipinski definition) is 3. The maximum absolute atomic E-state index is 5.94. The predicted octanol–water partition coefficient (Wildman–Crippen LogP) is 4.66. The molecule has 0 spiro atoms. The lowest BCUT2D eigenvalue weighted by Gasteiger charge is -2.37. The fourth-order valence-electron chi connectivity index (χ4n) is 3.83. The molecule has 0 radical (unpaired) electrons. The van der Waals surface area contributed by atoms with Gasteiger partial charge in [0.25, 0.3) is 0 Å². The van der Waals surface area contributed by atoms with Gasteiger partial charge in [-0.2, -0.15) is 0 Å². The molecule has 3 rings (SSSR count). The van der Waals surface area contributed by atoms with Crippen LogP contribution in [0.3, 0.4) is 0 Å². The second-order valence-electron chi connectivity index (χ2n) is 7.17. The zero-order valence-electron chi connectivity index (χ0n) is 15.8. The normalized spacial score (nSPS) is 20.4. The molecule has 2 aromatic carbocycles. The first-order valence-electron chi connectivity index (χ1n) is 9.77. The average molecular weight is 354 g/mol. The first-order chi connectivity index (χ1) is 12.8. The fraction of sp³-hybridized carbons (Fsp3) is 0.478. The van der Waals surface area contributed by atoms with Gasteiger partial charge in [0, 0.05) is 26.2 Å². The first-order valence-corrected chi connectivity index (χ1v) is 9.77. The number of hydrogen-bond donors (Lipinski definition) is 0. The van der Waals surface area contributed by atoms with Crippen LogP contribution in [0.5, 0.6) is 0 Å². The van der Waals surface area contributed by atoms with Crippen molar-refractivity contribution in [3.05, 3.63) is 71.8 Å². The zero-order chi connectivity index (χ0) is 18.0. The third kappa shape index (κ3) is 5.94. The Morgan fingerprint density at radius 3 is 1.81 bits per heavy atom. The Hall–Kier alpha value is -1.68. The fourth-order valence-corrected chi connectivity index (χ4v) is 3.83. The highest BCUT2D eigenvalue weighted by molar-refractivity contribution is 5.17. The number of rotatable bonds is 9. The van der Waals surface area contributed by atoms with E-state index in [9.17, 15) is 0 Å². The molecule has 0 atom stereocenters. The molecule has 0 aromatic heterocycles. The molecule has 1 aliphatic carbocycles. The van der Waals surface area contributed by atoms with Crippen LogP contribution in [0.15, 0.2) is 60.7 Å². The van der Waals surface area contributed by atoms with E-state index in [0.717, 1.165) is 25.9 Å². The van der Waals surface area contributed by atoms with Crippen LogP contribution < -0.4 is 0 Å². The maximum Gasteiger partial charge on any atom is 0.0704 e. The van der Waals surface area contributed by atoms with Crippen molar-refractivity contribution in [3.8, 4) is 0 Å². The third-order valence-corrected chi connectivity index (χ3v) is 5.26. The molecule has 0 bridgehead atoms. The second-order valence-corrected chi connectivity index (χ2v) is 7.17. The summed E-state index contributed by atoms with van der Waals surface area (Å²) in [6, 6.07) is 22.3. The largest absolute Gasteiger partial charge is 0.382 e. The van der Waals surface area contributed by atoms with Gasteiger partial charge in [0.15, 0.2) is 0 Å². The van der Waals surface area contributed by atoms with E-state index < -0.39 is 0 Å². The molecule has 3 nitrogen and oxygen atoms in total. The Labute approximate surface area is 157 Å². The Balaban J connectivity index is 1.60. The van der Waals surface area contributed by atoms with Gasteiger partial charge in [-0.05, 0) is 36.8 Å². The topological polar surface area (TPSA) is 21.7 Å². The highest BCUT2D eigenvalue weighted by Crippen LogP contribution is 2.27. The van der Waals surface area contributed by atoms with Crippen LogP contribution >= 0.6 is 0 Å². The van der Waals surface area contributed by atoms with Crippen molar-refractivity contribution in [2.24, 2.45) is 0 Å². The van der Waals surface area contributed by atoms with E-state index in [4.69, 9.17) is 9.47 Å². The lowest BCUT2D eigenvalue weighted by molar-refractivity contribution is -0.0161. The molecule has 0 aliphatic heterocycles. The van der Waals surface area contributed by atoms with Crippen LogP contribution in [0.25, 0.3) is 0 Å². The van der Waals surface area contributed by atoms with Crippen molar-refractivity contribution >= 4 is 0 Å². The maximum atomic E-state index is 5.94. The van der Waals surface area contributed by atoms with E-state index in [2.05, 4.69) is 65.6 Å². The van der Waals surface area contributed by atoms with Gasteiger partial charge in [-0.3, -0.25) is 4.90 Å². The van der Waals surface area contributed by atoms with Crippen LogP contribution in [0.2, 0.25) is 0 Å². The number of methoxy groups -OCH3 is 1. The summed E-state index contributed by atoms with van der Waals surface area (Å²) in [7, 11) is 1.73. The molecular formula is C23H31NO2. The Morgan fingerprint density at radius 1 is 0.769 bits per heavy atom. The van der Waals surface area contributed by atoms with Gasteiger partial charge in [0.1, 0.15) is 0 Å². The van der Waals surface area contributed by atoms with Gasteiger partial charge in [-0.25, -0.2) is 0 Å². The van der Waals surface area contributed by atoms with Crippen molar-refractivity contribution in [2.75, 3.05) is 20.3 Å². The van der Waals surface area contributed by atoms with Gasteiger partial charge in [0.05, 0.1) is 19.3 Å². The minimum atomic E-state index is 0.400. The molecule has 1 aliphatic rings. The van der Waals surface area contributed by atoms with Crippen LogP contribution in [-0.4, -0.2) is 37.4 Å². The molecule has 140 valence electrons. The first kappa shape index (κ1) is 19.1. The molecule has 1 fully saturated rings. The molecule has 0 heterocycles. The van der Waals surface area contributed by atoms with E-state index in [1.54, 1.807) is 7.11 Å². The summed E-state index contributed by atoms with van der Waals surface area (Å²) in [4.78, 5) is 2.65. The van der Waals surface area contributed by atoms with Crippen molar-refractivity contribution in [1.82, 2.24) is 4.90 Å². The molecule has 26 heavy (non-hydrogen) atoms. The molecule has 0 N–H and O–H groups in total. The summed E-state index contributed by atoms with van der Waals surface area (Å²) in [6.07, 6.45) is 5.11. The molecule has 0 amide bonds. The molecule has 0 unspecified atom stereocenters. The molecule has 1 saturated carbocycles. The van der Waals surface area contributed by atoms with Crippen LogP contribution in [0.4, 0.5) is 0 Å². The van der Waals surface area contributed by atoms with E-state index in [1.165, 1.54) is 24.0 Å². The Bertz CT molecular complexity index is 567. The minimum Gasteiger partial charge on any atom is -0.382 e. The lowest BCUT2D eigenvalue weighted by atomic mass is 9.91. The smallest absolute Gasteiger partial charge is 0.0704 e. The predicted molar refractivity (Wildman–Crippen MR) is 106 cm³/mol. The SMILES string of the molecule is COCCO[C@H]1CC[C@H](N(Cc2ccccc2)Cc2ccccc2)CC1. The average Bonchev–Trinajstić information content (AvgIpc) is 2.70. The molecule has 3 heteroatoms. The van der Waals surface area contributed by atoms with Crippen molar-refractivity contribution < 1.29 is 9.47 Å². The highest BCUT2D eigenvalue weighted by atomic mass is 16.5. The van der Waals surface area contributed by atoms with Gasteiger partial charge in [0.2, 0.25) is 0 Å². The van der Waals surface area contributed by atoms with Crippen LogP contribution in [-0.2, 0) is 22.6 Å². The van der Waals surface area contributed by atoms with E-state index in [-0.39, 0.29) is 0 Å². The van der Waals surface area contributed by atoms with Gasteiger partial charge < -0.3 is 9.47 Å². The number of ether oxygens (including phenoxy) is 2. The summed E-state index contributed by atoms with van der Waals surface area (Å²) in [5, 5.41) is 0. The minimum absolute atomic E-state index is 0.400. The molecule has 0 saturated heterocycles. The Morgan fingerprint density at radius 2 is 1.31 bits per heavy atom. The van der Waals surface area contributed by atoms with Crippen molar-refractivity contribution in [2.45, 2.75) is 50.9 Å². The van der Waals surface area contributed by atoms with Crippen molar-refractivity contribution in [3.63, 3.8) is 0 Å². The Kier molecular flexibility index (Phi) is 7.68. The lowest BCUT2D eigenvalue weighted by Crippen LogP contribution is -2.39. The van der Waals surface area contributed by atoms with Crippen LogP contribution in [0, 0.1) is 0 Å². The third-order valence-electron chi connectivity index (χ3n) is 5.26. The van der Waals surface area contributed by atoms with Gasteiger partial charge in [-0.1, -0.05) is 60.7 Å². The van der Waals surface area contributed by atoms with E-state index in [1.807, 2.05) is 0 Å². The van der Waals surface area contributed by atoms with E-state index in [0.29, 0.717) is 25.4 Å². The molecular weight excluding hydrogens is 322 g/mol. The summed E-state index contributed by atoms with van der Waals surface area (Å²) in [5.74, 6) is 0. The van der Waals surface area contributed by atoms with Crippen LogP contribution in [0.1, 0.15) is 36.8 Å². The summed E-state index contributed by atoms with van der Waals surface area (Å²) < 4.78 is 11.0. The number of nitrogens with zero attached hydrogens (tertiary/aromatic N) is 1. The molecule has 2 aromatic rings. The zero-order valence-corrected chi connectivity index (χ0v) is 15.8. The summed E-state index contributed by atoms with van der Waals surface area (Å²) in [5.41, 5.74) is 2.78. The standard InChI is InChI=1S/C23H31NO2/c1-25-16-17-26-23-14-12-22(13-15-23)24(18-20-8-4-2-5-9-20)19-21-10-6-3-7-11-21/h2-11,22-23H,12-19H2,1H3/t22-,23-. The van der Waals surface area contributed by atoms with Crippen molar-refractivity contribution in [1.29, 1.82) is 0 Å². The second kappa shape index (κ2) is 10.5. The van der Waals surface area contributed by atoms with E-state index >= 15 is 0 Å². The summed E-state index contributed by atoms with van der Waals surface area (Å²) >= 11 is 0. The highest BCUT2D eigenvalue weighted by Gasteiger charge is 2.26. The van der Waals surface area contributed by atoms with Gasteiger partial charge in [-0.15, -0.1) is 0 Å². The monoisotopic (exact) mass is 353 g/mol. The van der Waals surface area contributed by atoms with Gasteiger partial charge >= 0.3 is 0 Å². The summed E-state index contributed by atoms with van der Waals surface area (Å²) in [6.45, 7) is 3.42.